The summed E-state index contributed by atoms with van der Waals surface area (Å²) in [4.78, 5) is 0. The van der Waals surface area contributed by atoms with Crippen LogP contribution in [0.5, 0.6) is 0 Å². The second kappa shape index (κ2) is 6.86. The molecule has 0 spiro atoms. The summed E-state index contributed by atoms with van der Waals surface area (Å²) in [5, 5.41) is 3.45. The van der Waals surface area contributed by atoms with Crippen LogP contribution in [0.2, 0.25) is 0 Å². The van der Waals surface area contributed by atoms with E-state index in [1.807, 2.05) is 6.07 Å². The minimum atomic E-state index is -0.0593. The Kier molecular flexibility index (Phi) is 5.14. The minimum absolute atomic E-state index is 0.0593. The van der Waals surface area contributed by atoms with Gasteiger partial charge in [0.15, 0.2) is 0 Å². The van der Waals surface area contributed by atoms with Crippen molar-refractivity contribution in [3.8, 4) is 0 Å². The van der Waals surface area contributed by atoms with Gasteiger partial charge in [0, 0.05) is 19.2 Å². The van der Waals surface area contributed by atoms with Crippen molar-refractivity contribution in [2.45, 2.75) is 38.6 Å². The van der Waals surface area contributed by atoms with Crippen molar-refractivity contribution in [2.75, 3.05) is 19.8 Å². The maximum Gasteiger partial charge on any atom is 0.126 e. The first kappa shape index (κ1) is 13.5. The summed E-state index contributed by atoms with van der Waals surface area (Å²) in [5.74, 6) is -0.0593. The maximum absolute atomic E-state index is 13.5. The molecule has 0 radical (unpaired) electrons. The first-order valence-electron chi connectivity index (χ1n) is 6.91. The lowest BCUT2D eigenvalue weighted by molar-refractivity contribution is 0.131. The van der Waals surface area contributed by atoms with Crippen molar-refractivity contribution in [1.29, 1.82) is 0 Å². The van der Waals surface area contributed by atoms with Crippen LogP contribution < -0.4 is 5.32 Å². The average Bonchev–Trinajstić information content (AvgIpc) is 2.79. The van der Waals surface area contributed by atoms with Gasteiger partial charge in [-0.15, -0.1) is 0 Å². The Balaban J connectivity index is 1.75. The molecule has 0 aliphatic heterocycles. The molecule has 1 aliphatic carbocycles. The molecular formula is C15H22FNO. The van der Waals surface area contributed by atoms with Crippen LogP contribution >= 0.6 is 0 Å². The summed E-state index contributed by atoms with van der Waals surface area (Å²) in [6.07, 6.45) is 4.13. The van der Waals surface area contributed by atoms with E-state index in [-0.39, 0.29) is 5.82 Å². The summed E-state index contributed by atoms with van der Waals surface area (Å²) in [6, 6.07) is 5.67. The van der Waals surface area contributed by atoms with Gasteiger partial charge in [0.1, 0.15) is 5.82 Å². The molecule has 1 aromatic carbocycles. The predicted octanol–water partition coefficient (Wildman–Crippen LogP) is 3.22. The van der Waals surface area contributed by atoms with E-state index in [1.165, 1.54) is 6.42 Å². The number of halogens is 1. The van der Waals surface area contributed by atoms with Crippen LogP contribution in [0.25, 0.3) is 0 Å². The Morgan fingerprint density at radius 3 is 3.11 bits per heavy atom. The molecule has 0 bridgehead atoms. The standard InChI is InChI=1S/C15H22FNO/c1-2-3-10-18-11-9-17-15-8-7-12-13(15)5-4-6-14(12)16/h4-6,15,17H,2-3,7-11H2,1H3. The van der Waals surface area contributed by atoms with E-state index >= 15 is 0 Å². The minimum Gasteiger partial charge on any atom is -0.380 e. The molecule has 1 aliphatic rings. The van der Waals surface area contributed by atoms with Crippen molar-refractivity contribution in [1.82, 2.24) is 5.32 Å². The molecule has 0 amide bonds. The largest absolute Gasteiger partial charge is 0.380 e. The number of benzene rings is 1. The van der Waals surface area contributed by atoms with Crippen molar-refractivity contribution in [3.05, 3.63) is 35.1 Å². The quantitative estimate of drug-likeness (QED) is 0.751. The number of hydrogen-bond acceptors (Lipinski definition) is 2. The second-order valence-electron chi connectivity index (χ2n) is 4.82. The molecule has 3 heteroatoms. The molecule has 2 nitrogen and oxygen atoms in total. The lowest BCUT2D eigenvalue weighted by Crippen LogP contribution is -2.24. The van der Waals surface area contributed by atoms with E-state index in [4.69, 9.17) is 4.74 Å². The highest BCUT2D eigenvalue weighted by atomic mass is 19.1. The zero-order chi connectivity index (χ0) is 12.8. The van der Waals surface area contributed by atoms with E-state index in [9.17, 15) is 4.39 Å². The van der Waals surface area contributed by atoms with Gasteiger partial charge in [0.25, 0.3) is 0 Å². The fourth-order valence-electron chi connectivity index (χ4n) is 2.48. The van der Waals surface area contributed by atoms with Crippen LogP contribution in [-0.4, -0.2) is 19.8 Å². The Morgan fingerprint density at radius 2 is 2.28 bits per heavy atom. The van der Waals surface area contributed by atoms with E-state index in [0.29, 0.717) is 6.04 Å². The van der Waals surface area contributed by atoms with Gasteiger partial charge < -0.3 is 10.1 Å². The van der Waals surface area contributed by atoms with Gasteiger partial charge in [0.05, 0.1) is 6.61 Å². The lowest BCUT2D eigenvalue weighted by Gasteiger charge is -2.14. The molecule has 0 saturated carbocycles. The van der Waals surface area contributed by atoms with Gasteiger partial charge in [0.2, 0.25) is 0 Å². The monoisotopic (exact) mass is 251 g/mol. The average molecular weight is 251 g/mol. The van der Waals surface area contributed by atoms with Crippen LogP contribution in [0.1, 0.15) is 43.4 Å². The smallest absolute Gasteiger partial charge is 0.126 e. The number of ether oxygens (including phenoxy) is 1. The number of unbranched alkanes of at least 4 members (excludes halogenated alkanes) is 1. The molecule has 0 aromatic heterocycles. The third-order valence-electron chi connectivity index (χ3n) is 3.49. The zero-order valence-electron chi connectivity index (χ0n) is 11.0. The Labute approximate surface area is 109 Å². The number of nitrogens with one attached hydrogen (secondary N) is 1. The van der Waals surface area contributed by atoms with Crippen molar-refractivity contribution in [2.24, 2.45) is 0 Å². The highest BCUT2D eigenvalue weighted by molar-refractivity contribution is 5.35. The van der Waals surface area contributed by atoms with Gasteiger partial charge in [-0.25, -0.2) is 4.39 Å². The van der Waals surface area contributed by atoms with Gasteiger partial charge >= 0.3 is 0 Å². The maximum atomic E-state index is 13.5. The van der Waals surface area contributed by atoms with Crippen molar-refractivity contribution in [3.63, 3.8) is 0 Å². The van der Waals surface area contributed by atoms with Crippen molar-refractivity contribution >= 4 is 0 Å². The molecule has 0 saturated heterocycles. The number of rotatable bonds is 7. The summed E-state index contributed by atoms with van der Waals surface area (Å²) < 4.78 is 19.0. The van der Waals surface area contributed by atoms with E-state index < -0.39 is 0 Å². The molecule has 0 heterocycles. The number of hydrogen-bond donors (Lipinski definition) is 1. The normalized spacial score (nSPS) is 18.0. The van der Waals surface area contributed by atoms with Crippen LogP contribution in [0, 0.1) is 5.82 Å². The predicted molar refractivity (Wildman–Crippen MR) is 71.2 cm³/mol. The van der Waals surface area contributed by atoms with Crippen LogP contribution in [-0.2, 0) is 11.2 Å². The van der Waals surface area contributed by atoms with Crippen molar-refractivity contribution < 1.29 is 9.13 Å². The topological polar surface area (TPSA) is 21.3 Å². The van der Waals surface area contributed by atoms with Crippen LogP contribution in [0.4, 0.5) is 4.39 Å². The van der Waals surface area contributed by atoms with E-state index in [1.54, 1.807) is 12.1 Å². The molecule has 1 unspecified atom stereocenters. The SMILES string of the molecule is CCCCOCCNC1CCc2c(F)cccc21. The summed E-state index contributed by atoms with van der Waals surface area (Å²) >= 11 is 0. The molecule has 1 aromatic rings. The van der Waals surface area contributed by atoms with E-state index in [2.05, 4.69) is 12.2 Å². The first-order chi connectivity index (χ1) is 8.83. The summed E-state index contributed by atoms with van der Waals surface area (Å²) in [6.45, 7) is 4.57. The van der Waals surface area contributed by atoms with Gasteiger partial charge in [-0.1, -0.05) is 25.5 Å². The van der Waals surface area contributed by atoms with Gasteiger partial charge in [-0.05, 0) is 36.5 Å². The zero-order valence-corrected chi connectivity index (χ0v) is 11.0. The van der Waals surface area contributed by atoms with Crippen LogP contribution in [0.3, 0.4) is 0 Å². The Hall–Kier alpha value is -0.930. The fraction of sp³-hybridized carbons (Fsp3) is 0.600. The molecule has 2 rings (SSSR count). The third-order valence-corrected chi connectivity index (χ3v) is 3.49. The summed E-state index contributed by atoms with van der Waals surface area (Å²) in [5.41, 5.74) is 2.02. The fourth-order valence-corrected chi connectivity index (χ4v) is 2.48. The first-order valence-corrected chi connectivity index (χ1v) is 6.91. The van der Waals surface area contributed by atoms with Gasteiger partial charge in [-0.3, -0.25) is 0 Å². The molecule has 0 fully saturated rings. The molecule has 1 atom stereocenters. The van der Waals surface area contributed by atoms with E-state index in [0.717, 1.165) is 50.1 Å². The van der Waals surface area contributed by atoms with Crippen LogP contribution in [0.15, 0.2) is 18.2 Å². The lowest BCUT2D eigenvalue weighted by atomic mass is 10.1. The molecular weight excluding hydrogens is 229 g/mol. The highest BCUT2D eigenvalue weighted by Gasteiger charge is 2.23. The number of fused-ring (bicyclic) bond motifs is 1. The second-order valence-corrected chi connectivity index (χ2v) is 4.82. The highest BCUT2D eigenvalue weighted by Crippen LogP contribution is 2.32. The molecule has 1 N–H and O–H groups in total. The summed E-state index contributed by atoms with van der Waals surface area (Å²) in [7, 11) is 0. The third kappa shape index (κ3) is 3.30. The molecule has 100 valence electrons. The van der Waals surface area contributed by atoms with Gasteiger partial charge in [-0.2, -0.15) is 0 Å². The Morgan fingerprint density at radius 1 is 1.39 bits per heavy atom. The molecule has 18 heavy (non-hydrogen) atoms. The Bertz CT molecular complexity index is 381.